The zero-order valence-corrected chi connectivity index (χ0v) is 13.2. The summed E-state index contributed by atoms with van der Waals surface area (Å²) in [5.74, 6) is -0.355. The fraction of sp³-hybridized carbons (Fsp3) is 0.647. The SMILES string of the molecule is CC(C)(C)C1CCN(C(CN)c2ccc(F)cc2F)CC1. The predicted octanol–water partition coefficient (Wildman–Crippen LogP) is 3.72. The van der Waals surface area contributed by atoms with Gasteiger partial charge in [-0.1, -0.05) is 26.8 Å². The Morgan fingerprint density at radius 3 is 2.33 bits per heavy atom. The minimum atomic E-state index is -0.543. The number of nitrogens with two attached hydrogens (primary N) is 1. The molecule has 21 heavy (non-hydrogen) atoms. The lowest BCUT2D eigenvalue weighted by Gasteiger charge is -2.41. The van der Waals surface area contributed by atoms with Gasteiger partial charge in [-0.3, -0.25) is 4.90 Å². The number of halogens is 2. The van der Waals surface area contributed by atoms with E-state index in [4.69, 9.17) is 5.73 Å². The molecule has 0 amide bonds. The molecule has 118 valence electrons. The van der Waals surface area contributed by atoms with Crippen LogP contribution in [0.5, 0.6) is 0 Å². The van der Waals surface area contributed by atoms with Gasteiger partial charge in [0.1, 0.15) is 11.6 Å². The summed E-state index contributed by atoms with van der Waals surface area (Å²) in [5.41, 5.74) is 6.68. The van der Waals surface area contributed by atoms with E-state index in [9.17, 15) is 8.78 Å². The first-order valence-electron chi connectivity index (χ1n) is 7.72. The van der Waals surface area contributed by atoms with Gasteiger partial charge in [-0.05, 0) is 43.3 Å². The lowest BCUT2D eigenvalue weighted by atomic mass is 9.75. The number of hydrogen-bond acceptors (Lipinski definition) is 2. The molecule has 2 nitrogen and oxygen atoms in total. The van der Waals surface area contributed by atoms with Crippen molar-refractivity contribution in [1.29, 1.82) is 0 Å². The lowest BCUT2D eigenvalue weighted by Crippen LogP contribution is -2.42. The molecule has 1 aliphatic rings. The highest BCUT2D eigenvalue weighted by molar-refractivity contribution is 5.23. The number of piperidine rings is 1. The van der Waals surface area contributed by atoms with Crippen molar-refractivity contribution < 1.29 is 8.78 Å². The maximum absolute atomic E-state index is 14.0. The molecule has 2 N–H and O–H groups in total. The zero-order valence-electron chi connectivity index (χ0n) is 13.2. The number of benzene rings is 1. The molecule has 1 aromatic rings. The van der Waals surface area contributed by atoms with Crippen molar-refractivity contribution in [3.63, 3.8) is 0 Å². The monoisotopic (exact) mass is 296 g/mol. The van der Waals surface area contributed by atoms with Crippen LogP contribution in [0, 0.1) is 23.0 Å². The average Bonchev–Trinajstić information content (AvgIpc) is 2.41. The molecular formula is C17H26F2N2. The van der Waals surface area contributed by atoms with E-state index in [-0.39, 0.29) is 6.04 Å². The van der Waals surface area contributed by atoms with Crippen molar-refractivity contribution in [3.05, 3.63) is 35.4 Å². The van der Waals surface area contributed by atoms with Gasteiger partial charge in [0.05, 0.1) is 0 Å². The molecule has 1 aromatic carbocycles. The van der Waals surface area contributed by atoms with Crippen LogP contribution < -0.4 is 5.73 Å². The Morgan fingerprint density at radius 2 is 1.86 bits per heavy atom. The molecule has 1 unspecified atom stereocenters. The molecule has 2 rings (SSSR count). The van der Waals surface area contributed by atoms with Crippen LogP contribution in [-0.4, -0.2) is 24.5 Å². The second-order valence-electron chi connectivity index (χ2n) is 7.09. The molecule has 4 heteroatoms. The highest BCUT2D eigenvalue weighted by Crippen LogP contribution is 2.36. The Kier molecular flexibility index (Phi) is 4.99. The molecule has 1 heterocycles. The summed E-state index contributed by atoms with van der Waals surface area (Å²) in [4.78, 5) is 2.23. The summed E-state index contributed by atoms with van der Waals surface area (Å²) < 4.78 is 27.0. The van der Waals surface area contributed by atoms with Crippen LogP contribution in [0.2, 0.25) is 0 Å². The maximum Gasteiger partial charge on any atom is 0.130 e. The second-order valence-corrected chi connectivity index (χ2v) is 7.09. The third kappa shape index (κ3) is 3.80. The molecule has 1 fully saturated rings. The Bertz CT molecular complexity index is 474. The van der Waals surface area contributed by atoms with Crippen molar-refractivity contribution in [2.75, 3.05) is 19.6 Å². The van der Waals surface area contributed by atoms with Gasteiger partial charge in [0, 0.05) is 24.2 Å². The molecule has 0 bridgehead atoms. The largest absolute Gasteiger partial charge is 0.329 e. The van der Waals surface area contributed by atoms with E-state index in [1.165, 1.54) is 12.1 Å². The van der Waals surface area contributed by atoms with E-state index in [1.54, 1.807) is 0 Å². The molecule has 1 aliphatic heterocycles. The first-order chi connectivity index (χ1) is 9.82. The molecule has 0 spiro atoms. The van der Waals surface area contributed by atoms with Crippen LogP contribution in [0.3, 0.4) is 0 Å². The van der Waals surface area contributed by atoms with E-state index < -0.39 is 11.6 Å². The lowest BCUT2D eigenvalue weighted by molar-refractivity contribution is 0.0834. The first kappa shape index (κ1) is 16.4. The van der Waals surface area contributed by atoms with Crippen LogP contribution in [0.15, 0.2) is 18.2 Å². The quantitative estimate of drug-likeness (QED) is 0.921. The summed E-state index contributed by atoms with van der Waals surface area (Å²) >= 11 is 0. The van der Waals surface area contributed by atoms with E-state index in [2.05, 4.69) is 25.7 Å². The third-order valence-electron chi connectivity index (χ3n) is 4.74. The summed E-state index contributed by atoms with van der Waals surface area (Å²) in [6.07, 6.45) is 2.20. The Labute approximate surface area is 126 Å². The van der Waals surface area contributed by atoms with Gasteiger partial charge in [0.2, 0.25) is 0 Å². The minimum Gasteiger partial charge on any atom is -0.329 e. The maximum atomic E-state index is 14.0. The van der Waals surface area contributed by atoms with Crippen LogP contribution in [0.25, 0.3) is 0 Å². The molecule has 0 aromatic heterocycles. The van der Waals surface area contributed by atoms with Crippen molar-refractivity contribution in [3.8, 4) is 0 Å². The molecule has 0 aliphatic carbocycles. The van der Waals surface area contributed by atoms with Crippen molar-refractivity contribution in [1.82, 2.24) is 4.90 Å². The van der Waals surface area contributed by atoms with Crippen LogP contribution in [0.4, 0.5) is 8.78 Å². The summed E-state index contributed by atoms with van der Waals surface area (Å²) in [5, 5.41) is 0. The van der Waals surface area contributed by atoms with Gasteiger partial charge in [-0.25, -0.2) is 8.78 Å². The van der Waals surface area contributed by atoms with Gasteiger partial charge in [-0.15, -0.1) is 0 Å². The van der Waals surface area contributed by atoms with Gasteiger partial charge in [0.15, 0.2) is 0 Å². The topological polar surface area (TPSA) is 29.3 Å². The van der Waals surface area contributed by atoms with E-state index >= 15 is 0 Å². The predicted molar refractivity (Wildman–Crippen MR) is 81.9 cm³/mol. The Morgan fingerprint density at radius 1 is 1.24 bits per heavy atom. The van der Waals surface area contributed by atoms with Crippen LogP contribution in [-0.2, 0) is 0 Å². The molecule has 0 radical (unpaired) electrons. The summed E-state index contributed by atoms with van der Waals surface area (Å²) in [6, 6.07) is 3.62. The fourth-order valence-corrected chi connectivity index (χ4v) is 3.32. The number of nitrogens with zero attached hydrogens (tertiary/aromatic N) is 1. The number of rotatable bonds is 3. The van der Waals surface area contributed by atoms with E-state index in [1.807, 2.05) is 0 Å². The molecule has 0 saturated carbocycles. The van der Waals surface area contributed by atoms with E-state index in [0.29, 0.717) is 23.4 Å². The summed E-state index contributed by atoms with van der Waals surface area (Å²) in [7, 11) is 0. The van der Waals surface area contributed by atoms with Crippen LogP contribution >= 0.6 is 0 Å². The molecule has 1 atom stereocenters. The van der Waals surface area contributed by atoms with Crippen molar-refractivity contribution in [2.24, 2.45) is 17.1 Å². The van der Waals surface area contributed by atoms with E-state index in [0.717, 1.165) is 32.0 Å². The summed E-state index contributed by atoms with van der Waals surface area (Å²) in [6.45, 7) is 9.00. The third-order valence-corrected chi connectivity index (χ3v) is 4.74. The molecular weight excluding hydrogens is 270 g/mol. The smallest absolute Gasteiger partial charge is 0.130 e. The number of hydrogen-bond donors (Lipinski definition) is 1. The normalized spacial score (nSPS) is 19.7. The van der Waals surface area contributed by atoms with Gasteiger partial charge in [-0.2, -0.15) is 0 Å². The number of likely N-dealkylation sites (tertiary alicyclic amines) is 1. The highest BCUT2D eigenvalue weighted by atomic mass is 19.1. The minimum absolute atomic E-state index is 0.161. The van der Waals surface area contributed by atoms with Crippen molar-refractivity contribution >= 4 is 0 Å². The van der Waals surface area contributed by atoms with Crippen LogP contribution in [0.1, 0.15) is 45.2 Å². The Balaban J connectivity index is 2.09. The molecule has 1 saturated heterocycles. The zero-order chi connectivity index (χ0) is 15.6. The van der Waals surface area contributed by atoms with Crippen molar-refractivity contribution in [2.45, 2.75) is 39.7 Å². The fourth-order valence-electron chi connectivity index (χ4n) is 3.32. The average molecular weight is 296 g/mol. The van der Waals surface area contributed by atoms with Gasteiger partial charge in [0.25, 0.3) is 0 Å². The van der Waals surface area contributed by atoms with Gasteiger partial charge < -0.3 is 5.73 Å². The highest BCUT2D eigenvalue weighted by Gasteiger charge is 2.32. The second kappa shape index (κ2) is 6.41. The standard InChI is InChI=1S/C17H26F2N2/c1-17(2,3)12-6-8-21(9-7-12)16(11-20)14-5-4-13(18)10-15(14)19/h4-5,10,12,16H,6-9,11,20H2,1-3H3. The van der Waals surface area contributed by atoms with Gasteiger partial charge >= 0.3 is 0 Å². The Hall–Kier alpha value is -1.00. The first-order valence-corrected chi connectivity index (χ1v) is 7.72.